The average molecular weight is 295 g/mol. The summed E-state index contributed by atoms with van der Waals surface area (Å²) in [6, 6.07) is -0.955. The molecule has 0 saturated carbocycles. The molecular weight excluding hydrogens is 281 g/mol. The van der Waals surface area contributed by atoms with Gasteiger partial charge in [0.15, 0.2) is 6.10 Å². The summed E-state index contributed by atoms with van der Waals surface area (Å²) < 4.78 is 19.4. The Morgan fingerprint density at radius 2 is 2.25 bits per heavy atom. The fraction of sp³-hybridized carbons (Fsp3) is 0.889. The summed E-state index contributed by atoms with van der Waals surface area (Å²) in [6.45, 7) is -1.03. The van der Waals surface area contributed by atoms with Crippen LogP contribution >= 0.6 is 0 Å². The van der Waals surface area contributed by atoms with Gasteiger partial charge in [0, 0.05) is 13.0 Å². The van der Waals surface area contributed by atoms with Crippen LogP contribution in [0, 0.1) is 10.1 Å². The van der Waals surface area contributed by atoms with E-state index in [1.807, 2.05) is 0 Å². The molecule has 2 aliphatic heterocycles. The first-order valence-electron chi connectivity index (χ1n) is 5.85. The number of amides is 2. The fourth-order valence-electron chi connectivity index (χ4n) is 2.26. The van der Waals surface area contributed by atoms with Gasteiger partial charge in [-0.25, -0.2) is 4.79 Å². The van der Waals surface area contributed by atoms with E-state index in [-0.39, 0.29) is 13.0 Å². The lowest BCUT2D eigenvalue weighted by molar-refractivity contribution is -0.626. The van der Waals surface area contributed by atoms with Crippen molar-refractivity contribution >= 4 is 6.03 Å². The quantitative estimate of drug-likeness (QED) is 0.261. The summed E-state index contributed by atoms with van der Waals surface area (Å²) in [5.41, 5.74) is 0. The fourth-order valence-corrected chi connectivity index (χ4v) is 2.26. The molecule has 11 heteroatoms. The van der Waals surface area contributed by atoms with Crippen molar-refractivity contribution < 1.29 is 34.2 Å². The lowest BCUT2D eigenvalue weighted by Crippen LogP contribution is -2.63. The van der Waals surface area contributed by atoms with Crippen molar-refractivity contribution in [3.05, 3.63) is 10.1 Å². The van der Waals surface area contributed by atoms with Gasteiger partial charge in [-0.3, -0.25) is 15.0 Å². The van der Waals surface area contributed by atoms with Gasteiger partial charge in [0.05, 0.1) is 11.5 Å². The highest BCUT2D eigenvalue weighted by Gasteiger charge is 2.70. The lowest BCUT2D eigenvalue weighted by atomic mass is 10.1. The van der Waals surface area contributed by atoms with Crippen LogP contribution in [0.15, 0.2) is 0 Å². The molecule has 0 aromatic carbocycles. The molecule has 0 bridgehead atoms. The van der Waals surface area contributed by atoms with E-state index < -0.39 is 48.0 Å². The topological polar surface area (TPSA) is 145 Å². The number of carbonyl (C=O) groups is 1. The van der Waals surface area contributed by atoms with Crippen molar-refractivity contribution in [3.8, 4) is 0 Å². The summed E-state index contributed by atoms with van der Waals surface area (Å²) >= 11 is 0. The molecule has 2 aliphatic rings. The van der Waals surface area contributed by atoms with Crippen LogP contribution in [0.25, 0.3) is 0 Å². The molecule has 0 aliphatic carbocycles. The average Bonchev–Trinajstić information content (AvgIpc) is 2.64. The minimum absolute atomic E-state index is 0.0132. The summed E-state index contributed by atoms with van der Waals surface area (Å²) in [7, 11) is 0. The van der Waals surface area contributed by atoms with Crippen LogP contribution in [0.3, 0.4) is 0 Å². The maximum Gasteiger partial charge on any atom is 0.430 e. The van der Waals surface area contributed by atoms with Gasteiger partial charge in [-0.1, -0.05) is 0 Å². The molecule has 0 aromatic rings. The first kappa shape index (κ1) is 14.8. The molecule has 2 fully saturated rings. The van der Waals surface area contributed by atoms with E-state index >= 15 is 0 Å². The Bertz CT molecular complexity index is 424. The number of carbonyl (C=O) groups excluding carboxylic acids is 1. The number of rotatable bonds is 3. The van der Waals surface area contributed by atoms with E-state index in [2.05, 4.69) is 5.32 Å². The Morgan fingerprint density at radius 3 is 2.75 bits per heavy atom. The normalized spacial score (nSPS) is 41.6. The molecule has 114 valence electrons. The van der Waals surface area contributed by atoms with Gasteiger partial charge >= 0.3 is 11.8 Å². The third-order valence-corrected chi connectivity index (χ3v) is 3.35. The lowest BCUT2D eigenvalue weighted by Gasteiger charge is -2.35. The predicted molar refractivity (Wildman–Crippen MR) is 58.4 cm³/mol. The van der Waals surface area contributed by atoms with Gasteiger partial charge in [-0.15, -0.1) is 0 Å². The number of ether oxygens (including phenoxy) is 1. The summed E-state index contributed by atoms with van der Waals surface area (Å²) in [5, 5.41) is 40.7. The van der Waals surface area contributed by atoms with Gasteiger partial charge in [0.2, 0.25) is 6.23 Å². The third kappa shape index (κ3) is 2.08. The number of urea groups is 1. The number of aliphatic hydroxyl groups excluding tert-OH is 3. The summed E-state index contributed by atoms with van der Waals surface area (Å²) in [6.07, 6.45) is -6.85. The maximum absolute atomic E-state index is 14.5. The largest absolute Gasteiger partial charge is 0.430 e. The highest BCUT2D eigenvalue weighted by Crippen LogP contribution is 2.37. The van der Waals surface area contributed by atoms with E-state index in [9.17, 15) is 29.5 Å². The van der Waals surface area contributed by atoms with E-state index in [0.717, 1.165) is 0 Å². The van der Waals surface area contributed by atoms with Gasteiger partial charge in [-0.05, 0) is 0 Å². The van der Waals surface area contributed by atoms with Crippen molar-refractivity contribution in [1.82, 2.24) is 10.2 Å². The maximum atomic E-state index is 14.5. The molecule has 0 aromatic heterocycles. The van der Waals surface area contributed by atoms with Gasteiger partial charge in [0.25, 0.3) is 0 Å². The number of alkyl halides is 1. The highest BCUT2D eigenvalue weighted by molar-refractivity contribution is 5.75. The minimum atomic E-state index is -3.45. The first-order chi connectivity index (χ1) is 9.32. The van der Waals surface area contributed by atoms with Gasteiger partial charge in [-0.2, -0.15) is 4.39 Å². The molecule has 2 rings (SSSR count). The molecule has 20 heavy (non-hydrogen) atoms. The second kappa shape index (κ2) is 5.09. The minimum Gasteiger partial charge on any atom is -0.394 e. The van der Waals surface area contributed by atoms with Crippen molar-refractivity contribution in [3.63, 3.8) is 0 Å². The number of nitrogens with one attached hydrogen (secondary N) is 1. The molecule has 3 unspecified atom stereocenters. The Morgan fingerprint density at radius 1 is 1.60 bits per heavy atom. The van der Waals surface area contributed by atoms with Crippen LogP contribution in [-0.4, -0.2) is 74.8 Å². The zero-order valence-electron chi connectivity index (χ0n) is 10.2. The standard InChI is InChI=1S/C9H14FN3O7/c10-9(13(18)19)6(16)4(3-14)20-7(9)12-2-1-5(15)11-8(12)17/h4-7,14-16H,1-3H2,(H,11,17)/t4-,5?,6?,7?,9+/m1/s1. The van der Waals surface area contributed by atoms with E-state index in [0.29, 0.717) is 4.90 Å². The smallest absolute Gasteiger partial charge is 0.394 e. The SMILES string of the molecule is O=C1NC(O)CCN1C1O[C@H](CO)C(O)[C@]1(F)[N+](=O)[O-]. The number of hydrogen-bond donors (Lipinski definition) is 4. The summed E-state index contributed by atoms with van der Waals surface area (Å²) in [4.78, 5) is 21.9. The van der Waals surface area contributed by atoms with Gasteiger partial charge < -0.3 is 25.4 Å². The number of hydrogen-bond acceptors (Lipinski definition) is 7. The number of aliphatic hydroxyl groups is 3. The van der Waals surface area contributed by atoms with E-state index in [1.54, 1.807) is 0 Å². The van der Waals surface area contributed by atoms with E-state index in [1.165, 1.54) is 0 Å². The van der Waals surface area contributed by atoms with Crippen LogP contribution < -0.4 is 5.32 Å². The molecule has 0 radical (unpaired) electrons. The third-order valence-electron chi connectivity index (χ3n) is 3.35. The summed E-state index contributed by atoms with van der Waals surface area (Å²) in [5.74, 6) is -3.45. The van der Waals surface area contributed by atoms with Crippen LogP contribution in [0.5, 0.6) is 0 Å². The van der Waals surface area contributed by atoms with Crippen molar-refractivity contribution in [1.29, 1.82) is 0 Å². The molecule has 5 atom stereocenters. The molecule has 2 saturated heterocycles. The van der Waals surface area contributed by atoms with Crippen LogP contribution in [-0.2, 0) is 4.74 Å². The van der Waals surface area contributed by atoms with Crippen molar-refractivity contribution in [2.45, 2.75) is 36.9 Å². The Kier molecular flexibility index (Phi) is 3.77. The monoisotopic (exact) mass is 295 g/mol. The number of nitro groups is 1. The van der Waals surface area contributed by atoms with Gasteiger partial charge in [0.1, 0.15) is 12.3 Å². The Hall–Kier alpha value is -1.56. The van der Waals surface area contributed by atoms with Crippen LogP contribution in [0.4, 0.5) is 9.18 Å². The Balaban J connectivity index is 2.29. The Labute approximate surface area is 111 Å². The van der Waals surface area contributed by atoms with Crippen LogP contribution in [0.1, 0.15) is 6.42 Å². The van der Waals surface area contributed by atoms with Crippen LogP contribution in [0.2, 0.25) is 0 Å². The highest BCUT2D eigenvalue weighted by atomic mass is 19.1. The van der Waals surface area contributed by atoms with Crippen molar-refractivity contribution in [2.24, 2.45) is 0 Å². The second-order valence-corrected chi connectivity index (χ2v) is 4.59. The number of halogens is 1. The molecule has 0 spiro atoms. The molecule has 10 nitrogen and oxygen atoms in total. The molecular formula is C9H14FN3O7. The van der Waals surface area contributed by atoms with Crippen molar-refractivity contribution in [2.75, 3.05) is 13.2 Å². The predicted octanol–water partition coefficient (Wildman–Crippen LogP) is -2.26. The number of nitrogens with zero attached hydrogens (tertiary/aromatic N) is 2. The zero-order chi connectivity index (χ0) is 15.1. The van der Waals surface area contributed by atoms with E-state index in [4.69, 9.17) is 9.84 Å². The second-order valence-electron chi connectivity index (χ2n) is 4.59. The first-order valence-corrected chi connectivity index (χ1v) is 5.85. The molecule has 4 N–H and O–H groups in total. The molecule has 2 amide bonds. The zero-order valence-corrected chi connectivity index (χ0v) is 10.2. The molecule has 2 heterocycles.